The Labute approximate surface area is 195 Å². The van der Waals surface area contributed by atoms with Gasteiger partial charge in [-0.2, -0.15) is 0 Å². The molecule has 0 bridgehead atoms. The highest BCUT2D eigenvalue weighted by Gasteiger charge is 2.26. The first-order valence-electron chi connectivity index (χ1n) is 10.4. The van der Waals surface area contributed by atoms with Crippen molar-refractivity contribution in [2.24, 2.45) is 4.99 Å². The summed E-state index contributed by atoms with van der Waals surface area (Å²) >= 11 is 0. The van der Waals surface area contributed by atoms with Crippen LogP contribution in [0.4, 0.5) is 4.39 Å². The normalized spacial score (nSPS) is 18.5. The van der Waals surface area contributed by atoms with Crippen molar-refractivity contribution in [2.75, 3.05) is 52.9 Å². The molecule has 2 fully saturated rings. The lowest BCUT2D eigenvalue weighted by Crippen LogP contribution is -2.54. The van der Waals surface area contributed by atoms with Crippen molar-refractivity contribution < 1.29 is 13.9 Å². The van der Waals surface area contributed by atoms with Crippen molar-refractivity contribution in [1.29, 1.82) is 0 Å². The van der Waals surface area contributed by atoms with Crippen molar-refractivity contribution in [1.82, 2.24) is 20.4 Å². The van der Waals surface area contributed by atoms with Crippen molar-refractivity contribution in [3.63, 3.8) is 0 Å². The van der Waals surface area contributed by atoms with E-state index in [0.717, 1.165) is 57.1 Å². The minimum Gasteiger partial charge on any atom is -0.375 e. The lowest BCUT2D eigenvalue weighted by Gasteiger charge is -2.36. The van der Waals surface area contributed by atoms with Gasteiger partial charge in [-0.25, -0.2) is 4.39 Å². The van der Waals surface area contributed by atoms with Crippen LogP contribution in [-0.2, 0) is 9.53 Å². The Kier molecular flexibility index (Phi) is 10.3. The van der Waals surface area contributed by atoms with Gasteiger partial charge in [0.05, 0.1) is 13.1 Å². The summed E-state index contributed by atoms with van der Waals surface area (Å²) in [6.07, 6.45) is 2.00. The summed E-state index contributed by atoms with van der Waals surface area (Å²) in [6.45, 7) is 7.03. The second kappa shape index (κ2) is 12.4. The predicted octanol–water partition coefficient (Wildman–Crippen LogP) is 1.99. The van der Waals surface area contributed by atoms with Gasteiger partial charge in [0.25, 0.3) is 0 Å². The van der Waals surface area contributed by atoms with Gasteiger partial charge >= 0.3 is 0 Å². The molecule has 1 aliphatic heterocycles. The number of carbonyl (C=O) groups is 1. The van der Waals surface area contributed by atoms with E-state index in [2.05, 4.69) is 20.4 Å². The molecule has 1 amide bonds. The Bertz CT molecular complexity index is 691. The van der Waals surface area contributed by atoms with Crippen LogP contribution in [0.5, 0.6) is 0 Å². The van der Waals surface area contributed by atoms with Crippen molar-refractivity contribution in [3.8, 4) is 0 Å². The molecule has 2 aliphatic rings. The number of methoxy groups -OCH3 is 1. The summed E-state index contributed by atoms with van der Waals surface area (Å²) in [6, 6.07) is 6.75. The molecule has 1 aromatic rings. The number of amides is 1. The average molecular weight is 533 g/mol. The lowest BCUT2D eigenvalue weighted by molar-refractivity contribution is -0.122. The third-order valence-electron chi connectivity index (χ3n) is 5.25. The number of carbonyl (C=O) groups excluding carboxylic acids is 1. The number of halogens is 2. The zero-order valence-corrected chi connectivity index (χ0v) is 20.1. The molecule has 168 valence electrons. The largest absolute Gasteiger partial charge is 0.375 e. The monoisotopic (exact) mass is 533 g/mol. The molecule has 7 nitrogen and oxygen atoms in total. The second-order valence-corrected chi connectivity index (χ2v) is 7.58. The highest BCUT2D eigenvalue weighted by molar-refractivity contribution is 14.0. The maximum Gasteiger partial charge on any atom is 0.234 e. The summed E-state index contributed by atoms with van der Waals surface area (Å²) in [5.41, 5.74) is 0.903. The Balaban J connectivity index is 0.00000320. The number of nitrogens with zero attached hydrogens (tertiary/aromatic N) is 3. The fourth-order valence-electron chi connectivity index (χ4n) is 3.41. The molecule has 30 heavy (non-hydrogen) atoms. The van der Waals surface area contributed by atoms with Gasteiger partial charge in [0.2, 0.25) is 5.91 Å². The summed E-state index contributed by atoms with van der Waals surface area (Å²) < 4.78 is 18.7. The van der Waals surface area contributed by atoms with Crippen LogP contribution < -0.4 is 10.6 Å². The molecule has 0 spiro atoms. The van der Waals surface area contributed by atoms with Crippen LogP contribution in [0.1, 0.15) is 31.4 Å². The first-order chi connectivity index (χ1) is 14.1. The van der Waals surface area contributed by atoms with Crippen molar-refractivity contribution >= 4 is 35.8 Å². The standard InChI is InChI=1S/C21H32FN5O2.HI/c1-3-23-21(24-14-19(29-2)16-4-6-17(22)7-5-16)27-12-10-26(11-13-27)15-20(28)25-18-8-9-18;/h4-7,18-19H,3,8-15H2,1-2H3,(H,23,24)(H,25,28);1H. The molecular weight excluding hydrogens is 500 g/mol. The number of hydrogen-bond donors (Lipinski definition) is 2. The van der Waals surface area contributed by atoms with Gasteiger partial charge in [0.15, 0.2) is 5.96 Å². The zero-order valence-electron chi connectivity index (χ0n) is 17.8. The second-order valence-electron chi connectivity index (χ2n) is 7.58. The van der Waals surface area contributed by atoms with E-state index < -0.39 is 0 Å². The molecule has 1 saturated heterocycles. The fraction of sp³-hybridized carbons (Fsp3) is 0.619. The highest BCUT2D eigenvalue weighted by Crippen LogP contribution is 2.19. The van der Waals surface area contributed by atoms with E-state index in [-0.39, 0.29) is 41.8 Å². The van der Waals surface area contributed by atoms with Crippen molar-refractivity contribution in [3.05, 3.63) is 35.6 Å². The van der Waals surface area contributed by atoms with Gasteiger partial charge in [-0.05, 0) is 37.5 Å². The van der Waals surface area contributed by atoms with Gasteiger partial charge < -0.3 is 20.3 Å². The quantitative estimate of drug-likeness (QED) is 0.304. The number of nitrogens with one attached hydrogen (secondary N) is 2. The molecule has 1 aromatic carbocycles. The smallest absolute Gasteiger partial charge is 0.234 e. The maximum absolute atomic E-state index is 13.2. The molecule has 0 radical (unpaired) electrons. The molecule has 3 rings (SSSR count). The molecule has 1 aliphatic carbocycles. The maximum atomic E-state index is 13.2. The Morgan fingerprint density at radius 2 is 1.90 bits per heavy atom. The van der Waals surface area contributed by atoms with Gasteiger partial charge in [-0.1, -0.05) is 12.1 Å². The summed E-state index contributed by atoms with van der Waals surface area (Å²) in [7, 11) is 1.64. The van der Waals surface area contributed by atoms with Gasteiger partial charge in [-0.3, -0.25) is 14.7 Å². The topological polar surface area (TPSA) is 69.2 Å². The molecule has 1 atom stereocenters. The fourth-order valence-corrected chi connectivity index (χ4v) is 3.41. The Morgan fingerprint density at radius 1 is 1.23 bits per heavy atom. The highest BCUT2D eigenvalue weighted by atomic mass is 127. The lowest BCUT2D eigenvalue weighted by atomic mass is 10.1. The van der Waals surface area contributed by atoms with Crippen LogP contribution in [0.25, 0.3) is 0 Å². The predicted molar refractivity (Wildman–Crippen MR) is 127 cm³/mol. The summed E-state index contributed by atoms with van der Waals surface area (Å²) in [4.78, 5) is 21.2. The van der Waals surface area contributed by atoms with Gasteiger partial charge in [0, 0.05) is 45.9 Å². The van der Waals surface area contributed by atoms with E-state index >= 15 is 0 Å². The van der Waals surface area contributed by atoms with Crippen LogP contribution in [0, 0.1) is 5.82 Å². The van der Waals surface area contributed by atoms with E-state index in [4.69, 9.17) is 9.73 Å². The first-order valence-corrected chi connectivity index (χ1v) is 10.4. The number of ether oxygens (including phenoxy) is 1. The molecule has 1 unspecified atom stereocenters. The minimum atomic E-state index is -0.260. The van der Waals surface area contributed by atoms with E-state index in [9.17, 15) is 9.18 Å². The number of rotatable bonds is 8. The Morgan fingerprint density at radius 3 is 2.47 bits per heavy atom. The number of guanidine groups is 1. The Hall–Kier alpha value is -1.46. The molecule has 1 heterocycles. The van der Waals surface area contributed by atoms with Gasteiger partial charge in [0.1, 0.15) is 11.9 Å². The summed E-state index contributed by atoms with van der Waals surface area (Å²) in [5.74, 6) is 0.714. The molecule has 9 heteroatoms. The average Bonchev–Trinajstić information content (AvgIpc) is 3.53. The van der Waals surface area contributed by atoms with Crippen LogP contribution in [0.2, 0.25) is 0 Å². The van der Waals surface area contributed by atoms with Crippen molar-refractivity contribution in [2.45, 2.75) is 31.9 Å². The third kappa shape index (κ3) is 7.66. The van der Waals surface area contributed by atoms with Crippen LogP contribution in [0.15, 0.2) is 29.3 Å². The first kappa shape index (κ1) is 24.8. The molecular formula is C21H33FIN5O2. The molecule has 1 saturated carbocycles. The molecule has 2 N–H and O–H groups in total. The van der Waals surface area contributed by atoms with E-state index in [1.165, 1.54) is 12.1 Å². The third-order valence-corrected chi connectivity index (χ3v) is 5.25. The van der Waals surface area contributed by atoms with E-state index in [1.54, 1.807) is 19.2 Å². The van der Waals surface area contributed by atoms with Gasteiger partial charge in [-0.15, -0.1) is 24.0 Å². The zero-order chi connectivity index (χ0) is 20.6. The number of hydrogen-bond acceptors (Lipinski definition) is 4. The van der Waals surface area contributed by atoms with Crippen LogP contribution >= 0.6 is 24.0 Å². The number of aliphatic imine (C=N–C) groups is 1. The number of piperazine rings is 1. The number of benzene rings is 1. The van der Waals surface area contributed by atoms with Crippen LogP contribution in [0.3, 0.4) is 0 Å². The van der Waals surface area contributed by atoms with E-state index in [1.807, 2.05) is 6.92 Å². The van der Waals surface area contributed by atoms with Crippen LogP contribution in [-0.4, -0.2) is 80.6 Å². The molecule has 0 aromatic heterocycles. The van der Waals surface area contributed by atoms with E-state index in [0.29, 0.717) is 19.1 Å². The SMILES string of the molecule is CCNC(=NCC(OC)c1ccc(F)cc1)N1CCN(CC(=O)NC2CC2)CC1.I. The summed E-state index contributed by atoms with van der Waals surface area (Å²) in [5, 5.41) is 6.39. The minimum absolute atomic E-state index is 0.